The fourth-order valence-corrected chi connectivity index (χ4v) is 4.54. The second-order valence-corrected chi connectivity index (χ2v) is 9.95. The van der Waals surface area contributed by atoms with E-state index in [1.54, 1.807) is 6.07 Å². The first-order valence-electron chi connectivity index (χ1n) is 13.1. The Kier molecular flexibility index (Phi) is 11.7. The lowest BCUT2D eigenvalue weighted by molar-refractivity contribution is -0.138. The van der Waals surface area contributed by atoms with Gasteiger partial charge in [0.1, 0.15) is 11.6 Å². The topological polar surface area (TPSA) is 29.0 Å². The van der Waals surface area contributed by atoms with Gasteiger partial charge in [-0.25, -0.2) is 9.97 Å². The van der Waals surface area contributed by atoms with Crippen molar-refractivity contribution in [2.45, 2.75) is 78.8 Å². The van der Waals surface area contributed by atoms with Crippen LogP contribution >= 0.6 is 0 Å². The Morgan fingerprint density at radius 3 is 2.08 bits per heavy atom. The molecule has 0 spiro atoms. The van der Waals surface area contributed by atoms with Gasteiger partial charge >= 0.3 is 6.18 Å². The van der Waals surface area contributed by atoms with Crippen LogP contribution in [0.15, 0.2) is 48.5 Å². The number of alkyl halides is 3. The number of anilines is 1. The van der Waals surface area contributed by atoms with E-state index < -0.39 is 11.7 Å². The Balaban J connectivity index is 0.000000195. The molecule has 0 saturated heterocycles. The van der Waals surface area contributed by atoms with E-state index in [0.29, 0.717) is 12.0 Å². The molecule has 1 heterocycles. The molecule has 198 valence electrons. The number of hydrogen-bond acceptors (Lipinski definition) is 3. The minimum absolute atomic E-state index is 0.387. The van der Waals surface area contributed by atoms with Gasteiger partial charge in [-0.2, -0.15) is 13.2 Å². The molecule has 3 aromatic rings. The molecule has 36 heavy (non-hydrogen) atoms. The van der Waals surface area contributed by atoms with E-state index >= 15 is 0 Å². The monoisotopic (exact) mass is 501 g/mol. The Hall–Kier alpha value is -2.63. The Bertz CT molecular complexity index is 1050. The van der Waals surface area contributed by atoms with Gasteiger partial charge in [-0.1, -0.05) is 89.6 Å². The van der Waals surface area contributed by atoms with Crippen LogP contribution in [0.4, 0.5) is 19.0 Å². The third-order valence-corrected chi connectivity index (χ3v) is 6.67. The first kappa shape index (κ1) is 29.6. The van der Waals surface area contributed by atoms with E-state index in [0.717, 1.165) is 46.9 Å². The number of nitrogens with zero attached hydrogens (tertiary/aromatic N) is 3. The second kappa shape index (κ2) is 14.2. The van der Waals surface area contributed by atoms with Gasteiger partial charge in [0, 0.05) is 19.5 Å². The molecule has 1 fully saturated rings. The summed E-state index contributed by atoms with van der Waals surface area (Å²) in [6.45, 7) is 8.49. The van der Waals surface area contributed by atoms with Gasteiger partial charge in [0.05, 0.1) is 11.1 Å². The predicted octanol–water partition coefficient (Wildman–Crippen LogP) is 8.88. The van der Waals surface area contributed by atoms with Crippen molar-refractivity contribution in [2.75, 3.05) is 19.0 Å². The lowest BCUT2D eigenvalue weighted by Gasteiger charge is -2.24. The molecule has 6 heteroatoms. The number of rotatable bonds is 4. The Morgan fingerprint density at radius 2 is 1.50 bits per heavy atom. The van der Waals surface area contributed by atoms with Crippen molar-refractivity contribution >= 4 is 16.7 Å². The summed E-state index contributed by atoms with van der Waals surface area (Å²) in [5.74, 6) is 3.88. The van der Waals surface area contributed by atoms with E-state index in [1.807, 2.05) is 57.1 Å². The van der Waals surface area contributed by atoms with Gasteiger partial charge in [-0.3, -0.25) is 0 Å². The van der Waals surface area contributed by atoms with E-state index in [1.165, 1.54) is 44.2 Å². The minimum Gasteiger partial charge on any atom is -0.362 e. The highest BCUT2D eigenvalue weighted by Gasteiger charge is 2.32. The van der Waals surface area contributed by atoms with Gasteiger partial charge in [-0.15, -0.1) is 0 Å². The number of aryl methyl sites for hydroxylation is 2. The lowest BCUT2D eigenvalue weighted by atomic mass is 9.82. The van der Waals surface area contributed by atoms with Gasteiger partial charge in [0.15, 0.2) is 0 Å². The molecule has 1 aliphatic rings. The molecule has 0 bridgehead atoms. The SMILES string of the molecule is CCC1CCC(C)CC1.CCCc1ccccc1C(F)(F)F.Cc1nc(N(C)C)c2ccccc2n1. The average Bonchev–Trinajstić information content (AvgIpc) is 2.84. The molecule has 0 aliphatic heterocycles. The molecule has 0 unspecified atom stereocenters. The maximum absolute atomic E-state index is 12.4. The molecule has 3 nitrogen and oxygen atoms in total. The standard InChI is InChI=1S/C11H13N3.C10H11F3.C9H18/c1-8-12-10-7-5-4-6-9(10)11(13-8)14(2)3;1-2-5-8-6-3-4-7-9(8)10(11,12)13;1-3-9-6-4-8(2)5-7-9/h4-7H,1-3H3;3-4,6-7H,2,5H2,1H3;8-9H,3-7H2,1-2H3. The smallest absolute Gasteiger partial charge is 0.362 e. The van der Waals surface area contributed by atoms with Crippen LogP contribution in [0.1, 0.15) is 76.2 Å². The third-order valence-electron chi connectivity index (χ3n) is 6.67. The fraction of sp³-hybridized carbons (Fsp3) is 0.533. The quantitative estimate of drug-likeness (QED) is 0.357. The average molecular weight is 502 g/mol. The molecule has 1 aliphatic carbocycles. The minimum atomic E-state index is -4.22. The van der Waals surface area contributed by atoms with Crippen molar-refractivity contribution in [1.82, 2.24) is 9.97 Å². The van der Waals surface area contributed by atoms with Crippen molar-refractivity contribution in [3.05, 3.63) is 65.5 Å². The fourth-order valence-electron chi connectivity index (χ4n) is 4.54. The van der Waals surface area contributed by atoms with Gasteiger partial charge in [0.2, 0.25) is 0 Å². The number of halogens is 3. The number of benzene rings is 2. The van der Waals surface area contributed by atoms with Crippen LogP contribution < -0.4 is 4.90 Å². The van der Waals surface area contributed by atoms with Crippen molar-refractivity contribution in [1.29, 1.82) is 0 Å². The highest BCUT2D eigenvalue weighted by molar-refractivity contribution is 5.89. The summed E-state index contributed by atoms with van der Waals surface area (Å²) in [5, 5.41) is 1.10. The summed E-state index contributed by atoms with van der Waals surface area (Å²) in [6, 6.07) is 13.8. The molecule has 4 rings (SSSR count). The Morgan fingerprint density at radius 1 is 0.889 bits per heavy atom. The molecule has 0 amide bonds. The van der Waals surface area contributed by atoms with E-state index in [4.69, 9.17) is 0 Å². The largest absolute Gasteiger partial charge is 0.416 e. The molecule has 0 atom stereocenters. The molecular weight excluding hydrogens is 459 g/mol. The highest BCUT2D eigenvalue weighted by atomic mass is 19.4. The highest BCUT2D eigenvalue weighted by Crippen LogP contribution is 2.32. The molecular formula is C30H42F3N3. The van der Waals surface area contributed by atoms with Crippen LogP contribution in [-0.2, 0) is 12.6 Å². The predicted molar refractivity (Wildman–Crippen MR) is 145 cm³/mol. The third kappa shape index (κ3) is 9.11. The van der Waals surface area contributed by atoms with Crippen LogP contribution in [0.25, 0.3) is 10.9 Å². The van der Waals surface area contributed by atoms with Crippen molar-refractivity contribution in [3.8, 4) is 0 Å². The molecule has 0 N–H and O–H groups in total. The molecule has 1 saturated carbocycles. The van der Waals surface area contributed by atoms with Crippen LogP contribution in [0, 0.1) is 18.8 Å². The van der Waals surface area contributed by atoms with Crippen LogP contribution in [0.2, 0.25) is 0 Å². The number of fused-ring (bicyclic) bond motifs is 1. The Labute approximate surface area is 215 Å². The lowest BCUT2D eigenvalue weighted by Crippen LogP contribution is -2.12. The van der Waals surface area contributed by atoms with Crippen LogP contribution in [-0.4, -0.2) is 24.1 Å². The summed E-state index contributed by atoms with van der Waals surface area (Å²) >= 11 is 0. The first-order valence-corrected chi connectivity index (χ1v) is 13.1. The summed E-state index contributed by atoms with van der Waals surface area (Å²) in [4.78, 5) is 10.8. The summed E-state index contributed by atoms with van der Waals surface area (Å²) in [7, 11) is 3.99. The van der Waals surface area contributed by atoms with Gasteiger partial charge in [0.25, 0.3) is 0 Å². The molecule has 0 radical (unpaired) electrons. The molecule has 2 aromatic carbocycles. The summed E-state index contributed by atoms with van der Waals surface area (Å²) in [6.07, 6.45) is 4.37. The van der Waals surface area contributed by atoms with E-state index in [-0.39, 0.29) is 0 Å². The number of para-hydroxylation sites is 1. The summed E-state index contributed by atoms with van der Waals surface area (Å²) in [5.41, 5.74) is 0.887. The first-order chi connectivity index (χ1) is 17.1. The molecule has 1 aromatic heterocycles. The number of hydrogen-bond donors (Lipinski definition) is 0. The summed E-state index contributed by atoms with van der Waals surface area (Å²) < 4.78 is 37.1. The zero-order valence-corrected chi connectivity index (χ0v) is 22.7. The number of aromatic nitrogens is 2. The van der Waals surface area contributed by atoms with Crippen LogP contribution in [0.3, 0.4) is 0 Å². The van der Waals surface area contributed by atoms with Crippen LogP contribution in [0.5, 0.6) is 0 Å². The van der Waals surface area contributed by atoms with Gasteiger partial charge < -0.3 is 4.90 Å². The van der Waals surface area contributed by atoms with E-state index in [2.05, 4.69) is 23.8 Å². The maximum atomic E-state index is 12.4. The van der Waals surface area contributed by atoms with Crippen molar-refractivity contribution in [2.24, 2.45) is 11.8 Å². The zero-order chi connectivity index (χ0) is 26.7. The van der Waals surface area contributed by atoms with E-state index in [9.17, 15) is 13.2 Å². The van der Waals surface area contributed by atoms with Crippen molar-refractivity contribution in [3.63, 3.8) is 0 Å². The maximum Gasteiger partial charge on any atom is 0.416 e. The van der Waals surface area contributed by atoms with Gasteiger partial charge in [-0.05, 0) is 48.9 Å². The zero-order valence-electron chi connectivity index (χ0n) is 22.7. The normalized spacial score (nSPS) is 17.5. The second-order valence-electron chi connectivity index (χ2n) is 9.95. The van der Waals surface area contributed by atoms with Crippen molar-refractivity contribution < 1.29 is 13.2 Å².